The Morgan fingerprint density at radius 3 is 2.32 bits per heavy atom. The van der Waals surface area contributed by atoms with Crippen molar-refractivity contribution in [2.24, 2.45) is 0 Å². The molecule has 0 fully saturated rings. The van der Waals surface area contributed by atoms with Crippen molar-refractivity contribution in [2.75, 3.05) is 0 Å². The highest BCUT2D eigenvalue weighted by atomic mass is 79.9. The van der Waals surface area contributed by atoms with Crippen LogP contribution >= 0.6 is 15.9 Å². The fourth-order valence-electron chi connectivity index (χ4n) is 1.82. The number of benzene rings is 2. The van der Waals surface area contributed by atoms with Crippen LogP contribution < -0.4 is 0 Å². The van der Waals surface area contributed by atoms with Crippen molar-refractivity contribution in [1.29, 1.82) is 5.26 Å². The lowest BCUT2D eigenvalue weighted by Crippen LogP contribution is -2.23. The van der Waals surface area contributed by atoms with Crippen molar-refractivity contribution in [1.82, 2.24) is 5.06 Å². The van der Waals surface area contributed by atoms with Crippen LogP contribution in [0.15, 0.2) is 59.1 Å². The molecule has 19 heavy (non-hydrogen) atoms. The normalized spacial score (nSPS) is 12.1. The van der Waals surface area contributed by atoms with Crippen LogP contribution in [0.5, 0.6) is 0 Å². The van der Waals surface area contributed by atoms with Gasteiger partial charge in [0.2, 0.25) is 0 Å². The average molecular weight is 317 g/mol. The molecule has 0 bridgehead atoms. The van der Waals surface area contributed by atoms with Gasteiger partial charge in [0, 0.05) is 4.47 Å². The number of rotatable bonds is 4. The lowest BCUT2D eigenvalue weighted by atomic mass is 10.1. The summed E-state index contributed by atoms with van der Waals surface area (Å²) >= 11 is 3.35. The Balaban J connectivity index is 2.14. The van der Waals surface area contributed by atoms with Crippen molar-refractivity contribution in [3.05, 3.63) is 70.2 Å². The lowest BCUT2D eigenvalue weighted by molar-refractivity contribution is -0.121. The number of hydrogen-bond donors (Lipinski definition) is 1. The van der Waals surface area contributed by atoms with E-state index in [2.05, 4.69) is 22.0 Å². The molecule has 2 aromatic carbocycles. The summed E-state index contributed by atoms with van der Waals surface area (Å²) in [4.78, 5) is 0. The molecule has 2 rings (SSSR count). The van der Waals surface area contributed by atoms with Gasteiger partial charge in [-0.15, -0.1) is 0 Å². The molecular weight excluding hydrogens is 304 g/mol. The first-order chi connectivity index (χ1) is 9.20. The third kappa shape index (κ3) is 3.65. The van der Waals surface area contributed by atoms with Crippen LogP contribution in [0.2, 0.25) is 0 Å². The maximum Gasteiger partial charge on any atom is 0.147 e. The molecule has 0 spiro atoms. The van der Waals surface area contributed by atoms with Gasteiger partial charge in [0.25, 0.3) is 0 Å². The van der Waals surface area contributed by atoms with Crippen LogP contribution in [0.25, 0.3) is 0 Å². The quantitative estimate of drug-likeness (QED) is 0.870. The van der Waals surface area contributed by atoms with Crippen LogP contribution in [0.1, 0.15) is 17.2 Å². The molecule has 0 aliphatic carbocycles. The summed E-state index contributed by atoms with van der Waals surface area (Å²) in [5.41, 5.74) is 1.73. The number of nitrogens with zero attached hydrogens (tertiary/aromatic N) is 2. The van der Waals surface area contributed by atoms with E-state index in [1.165, 1.54) is 0 Å². The van der Waals surface area contributed by atoms with E-state index in [9.17, 15) is 10.5 Å². The van der Waals surface area contributed by atoms with Gasteiger partial charge in [-0.1, -0.05) is 58.4 Å². The molecule has 0 saturated heterocycles. The first-order valence-electron chi connectivity index (χ1n) is 5.85. The first kappa shape index (κ1) is 13.8. The van der Waals surface area contributed by atoms with Gasteiger partial charge in [-0.3, -0.25) is 0 Å². The van der Waals surface area contributed by atoms with Crippen molar-refractivity contribution in [2.45, 2.75) is 12.6 Å². The smallest absolute Gasteiger partial charge is 0.147 e. The maximum absolute atomic E-state index is 10.1. The number of hydroxylamine groups is 2. The molecule has 0 aliphatic rings. The number of hydrogen-bond acceptors (Lipinski definition) is 3. The van der Waals surface area contributed by atoms with Gasteiger partial charge in [-0.2, -0.15) is 10.3 Å². The molecule has 3 nitrogen and oxygen atoms in total. The van der Waals surface area contributed by atoms with E-state index in [-0.39, 0.29) is 0 Å². The monoisotopic (exact) mass is 316 g/mol. The van der Waals surface area contributed by atoms with Crippen LogP contribution in [0.3, 0.4) is 0 Å². The second-order valence-corrected chi connectivity index (χ2v) is 5.08. The first-order valence-corrected chi connectivity index (χ1v) is 6.64. The Morgan fingerprint density at radius 2 is 1.74 bits per heavy atom. The Bertz CT molecular complexity index is 563. The maximum atomic E-state index is 10.1. The highest BCUT2D eigenvalue weighted by Crippen LogP contribution is 2.22. The summed E-state index contributed by atoms with van der Waals surface area (Å²) in [5.74, 6) is 0. The topological polar surface area (TPSA) is 47.3 Å². The van der Waals surface area contributed by atoms with E-state index < -0.39 is 6.04 Å². The van der Waals surface area contributed by atoms with Crippen molar-refractivity contribution >= 4 is 15.9 Å². The molecule has 96 valence electrons. The largest absolute Gasteiger partial charge is 0.312 e. The van der Waals surface area contributed by atoms with Gasteiger partial charge >= 0.3 is 0 Å². The second kappa shape index (κ2) is 6.48. The Kier molecular flexibility index (Phi) is 4.69. The zero-order chi connectivity index (χ0) is 13.7. The molecule has 2 aromatic rings. The predicted molar refractivity (Wildman–Crippen MR) is 76.3 cm³/mol. The van der Waals surface area contributed by atoms with Crippen LogP contribution in [-0.2, 0) is 6.54 Å². The van der Waals surface area contributed by atoms with E-state index in [1.807, 2.05) is 54.6 Å². The van der Waals surface area contributed by atoms with Gasteiger partial charge in [0.1, 0.15) is 6.04 Å². The molecule has 0 unspecified atom stereocenters. The summed E-state index contributed by atoms with van der Waals surface area (Å²) in [7, 11) is 0. The summed E-state index contributed by atoms with van der Waals surface area (Å²) < 4.78 is 0.945. The minimum Gasteiger partial charge on any atom is -0.312 e. The highest BCUT2D eigenvalue weighted by molar-refractivity contribution is 9.10. The summed E-state index contributed by atoms with van der Waals surface area (Å²) in [6.07, 6.45) is 0. The molecule has 4 heteroatoms. The zero-order valence-corrected chi connectivity index (χ0v) is 11.8. The standard InChI is InChI=1S/C15H13BrN2O/c16-14-8-6-13(7-9-14)15(10-17)18(19)11-12-4-2-1-3-5-12/h1-9,15,19H,11H2/t15-/m1/s1. The van der Waals surface area contributed by atoms with Crippen LogP contribution in [0, 0.1) is 11.3 Å². The molecule has 0 aromatic heterocycles. The molecule has 1 N–H and O–H groups in total. The Labute approximate surface area is 120 Å². The molecule has 0 saturated carbocycles. The van der Waals surface area contributed by atoms with E-state index in [0.717, 1.165) is 20.7 Å². The van der Waals surface area contributed by atoms with Crippen molar-refractivity contribution in [3.8, 4) is 6.07 Å². The average Bonchev–Trinajstić information content (AvgIpc) is 2.43. The molecule has 0 heterocycles. The van der Waals surface area contributed by atoms with Crippen LogP contribution in [0.4, 0.5) is 0 Å². The number of nitriles is 1. The Hall–Kier alpha value is -1.67. The highest BCUT2D eigenvalue weighted by Gasteiger charge is 2.18. The zero-order valence-electron chi connectivity index (χ0n) is 10.2. The van der Waals surface area contributed by atoms with E-state index >= 15 is 0 Å². The van der Waals surface area contributed by atoms with Gasteiger partial charge in [-0.25, -0.2) is 0 Å². The fourth-order valence-corrected chi connectivity index (χ4v) is 2.08. The fraction of sp³-hybridized carbons (Fsp3) is 0.133. The van der Waals surface area contributed by atoms with Gasteiger partial charge in [0.15, 0.2) is 0 Å². The van der Waals surface area contributed by atoms with Gasteiger partial charge in [-0.05, 0) is 23.3 Å². The SMILES string of the molecule is N#C[C@H](c1ccc(Br)cc1)N(O)Cc1ccccc1. The van der Waals surface area contributed by atoms with Crippen LogP contribution in [-0.4, -0.2) is 10.3 Å². The molecule has 0 aliphatic heterocycles. The van der Waals surface area contributed by atoms with E-state index in [0.29, 0.717) is 6.54 Å². The second-order valence-electron chi connectivity index (χ2n) is 4.17. The van der Waals surface area contributed by atoms with Gasteiger partial charge < -0.3 is 5.21 Å². The minimum atomic E-state index is -0.673. The molecule has 0 amide bonds. The molecule has 1 atom stereocenters. The predicted octanol–water partition coefficient (Wildman–Crippen LogP) is 3.91. The lowest BCUT2D eigenvalue weighted by Gasteiger charge is -2.20. The third-order valence-electron chi connectivity index (χ3n) is 2.79. The third-order valence-corrected chi connectivity index (χ3v) is 3.32. The Morgan fingerprint density at radius 1 is 1.11 bits per heavy atom. The summed E-state index contributed by atoms with van der Waals surface area (Å²) in [5, 5.41) is 20.4. The van der Waals surface area contributed by atoms with Crippen molar-refractivity contribution < 1.29 is 5.21 Å². The van der Waals surface area contributed by atoms with Gasteiger partial charge in [0.05, 0.1) is 12.6 Å². The summed E-state index contributed by atoms with van der Waals surface area (Å²) in [6.45, 7) is 0.315. The molecule has 0 radical (unpaired) electrons. The van der Waals surface area contributed by atoms with E-state index in [1.54, 1.807) is 0 Å². The van der Waals surface area contributed by atoms with Crippen molar-refractivity contribution in [3.63, 3.8) is 0 Å². The minimum absolute atomic E-state index is 0.315. The van der Waals surface area contributed by atoms with E-state index in [4.69, 9.17) is 0 Å². The molecular formula is C15H13BrN2O. The summed E-state index contributed by atoms with van der Waals surface area (Å²) in [6, 6.07) is 18.4. The number of halogens is 1.